The summed E-state index contributed by atoms with van der Waals surface area (Å²) in [5.41, 5.74) is 0.761. The van der Waals surface area contributed by atoms with Crippen molar-refractivity contribution in [2.45, 2.75) is 12.1 Å². The minimum absolute atomic E-state index is 0.150. The fraction of sp³-hybridized carbons (Fsp3) is 0.125. The largest absolute Gasteiger partial charge is 0.495 e. The third-order valence-electron chi connectivity index (χ3n) is 6.08. The summed E-state index contributed by atoms with van der Waals surface area (Å²) in [5.74, 6) is -1.64. The molecule has 2 heterocycles. The number of β-lactam (4-membered cyclic amide) rings is 1. The van der Waals surface area contributed by atoms with E-state index in [1.807, 2.05) is 6.07 Å². The first-order valence-electron chi connectivity index (χ1n) is 10.2. The minimum atomic E-state index is -1.18. The number of methoxy groups -OCH3 is 1. The van der Waals surface area contributed by atoms with Crippen LogP contribution in [0.3, 0.4) is 0 Å². The van der Waals surface area contributed by atoms with E-state index in [1.54, 1.807) is 36.4 Å². The fourth-order valence-corrected chi connectivity index (χ4v) is 6.14. The standard InChI is InChI=1S/C24H12BrCl5N2O4/c1-36-13-6-5-11(8-12(13)26)31-20(9-3-2-4-10(25)7-9)21(24(31)35)32-22(33)14-15(23(32)34)17(28)19(30)18(29)16(14)27/h2-8,20-21H,1H3. The van der Waals surface area contributed by atoms with Gasteiger partial charge in [0.25, 0.3) is 17.7 Å². The Kier molecular flexibility index (Phi) is 6.69. The van der Waals surface area contributed by atoms with Gasteiger partial charge < -0.3 is 9.64 Å². The van der Waals surface area contributed by atoms with Crippen molar-refractivity contribution in [1.82, 2.24) is 4.90 Å². The van der Waals surface area contributed by atoms with Gasteiger partial charge in [-0.05, 0) is 35.9 Å². The monoisotopic (exact) mass is 646 g/mol. The van der Waals surface area contributed by atoms with Crippen LogP contribution < -0.4 is 9.64 Å². The van der Waals surface area contributed by atoms with Crippen LogP contribution in [0.15, 0.2) is 46.9 Å². The minimum Gasteiger partial charge on any atom is -0.495 e. The van der Waals surface area contributed by atoms with E-state index in [2.05, 4.69) is 15.9 Å². The zero-order chi connectivity index (χ0) is 26.0. The number of hydrogen-bond acceptors (Lipinski definition) is 4. The van der Waals surface area contributed by atoms with Crippen molar-refractivity contribution in [2.24, 2.45) is 0 Å². The van der Waals surface area contributed by atoms with E-state index >= 15 is 0 Å². The predicted octanol–water partition coefficient (Wildman–Crippen LogP) is 7.48. The summed E-state index contributed by atoms with van der Waals surface area (Å²) in [6.45, 7) is 0. The van der Waals surface area contributed by atoms with Crippen LogP contribution in [0.25, 0.3) is 0 Å². The molecule has 2 aliphatic heterocycles. The number of amides is 3. The topological polar surface area (TPSA) is 66.9 Å². The van der Waals surface area contributed by atoms with Crippen molar-refractivity contribution in [1.29, 1.82) is 0 Å². The number of ether oxygens (including phenoxy) is 1. The Bertz CT molecular complexity index is 1450. The average Bonchev–Trinajstić information content (AvgIpc) is 3.10. The van der Waals surface area contributed by atoms with Crippen molar-refractivity contribution in [2.75, 3.05) is 12.0 Å². The first-order valence-corrected chi connectivity index (χ1v) is 12.9. The molecule has 3 aromatic carbocycles. The zero-order valence-corrected chi connectivity index (χ0v) is 23.4. The third-order valence-corrected chi connectivity index (χ3v) is 8.67. The van der Waals surface area contributed by atoms with Gasteiger partial charge in [-0.2, -0.15) is 0 Å². The van der Waals surface area contributed by atoms with Crippen molar-refractivity contribution in [3.05, 3.63) is 88.7 Å². The van der Waals surface area contributed by atoms with Gasteiger partial charge in [0.05, 0.1) is 49.4 Å². The second-order valence-electron chi connectivity index (χ2n) is 7.96. The summed E-state index contributed by atoms with van der Waals surface area (Å²) >= 11 is 34.6. The lowest BCUT2D eigenvalue weighted by Crippen LogP contribution is -2.67. The van der Waals surface area contributed by atoms with E-state index in [4.69, 9.17) is 62.7 Å². The summed E-state index contributed by atoms with van der Waals surface area (Å²) in [6, 6.07) is 10.2. The first-order chi connectivity index (χ1) is 17.1. The second kappa shape index (κ2) is 9.39. The van der Waals surface area contributed by atoms with Crippen LogP contribution in [-0.4, -0.2) is 35.8 Å². The lowest BCUT2D eigenvalue weighted by molar-refractivity contribution is -0.130. The number of nitrogens with zero attached hydrogens (tertiary/aromatic N) is 2. The molecule has 2 unspecified atom stereocenters. The van der Waals surface area contributed by atoms with Gasteiger partial charge in [-0.15, -0.1) is 0 Å². The van der Waals surface area contributed by atoms with Crippen LogP contribution in [-0.2, 0) is 4.79 Å². The van der Waals surface area contributed by atoms with Crippen molar-refractivity contribution >= 4 is 97.3 Å². The molecule has 3 amide bonds. The molecule has 2 atom stereocenters. The molecule has 0 bridgehead atoms. The molecule has 0 radical (unpaired) electrons. The van der Waals surface area contributed by atoms with Crippen molar-refractivity contribution in [3.63, 3.8) is 0 Å². The highest BCUT2D eigenvalue weighted by molar-refractivity contribution is 9.10. The Morgan fingerprint density at radius 3 is 1.92 bits per heavy atom. The molecule has 3 aromatic rings. The highest BCUT2D eigenvalue weighted by Gasteiger charge is 2.58. The maximum absolute atomic E-state index is 13.6. The number of rotatable bonds is 4. The third kappa shape index (κ3) is 3.71. The van der Waals surface area contributed by atoms with Gasteiger partial charge in [0.15, 0.2) is 0 Å². The molecule has 0 N–H and O–H groups in total. The molecule has 12 heteroatoms. The molecule has 36 heavy (non-hydrogen) atoms. The van der Waals surface area contributed by atoms with E-state index in [-0.39, 0.29) is 31.2 Å². The van der Waals surface area contributed by atoms with Gasteiger partial charge in [-0.1, -0.05) is 86.1 Å². The Labute approximate surface area is 238 Å². The lowest BCUT2D eigenvalue weighted by Gasteiger charge is -2.49. The average molecular weight is 650 g/mol. The molecular weight excluding hydrogens is 637 g/mol. The zero-order valence-electron chi connectivity index (χ0n) is 18.0. The smallest absolute Gasteiger partial charge is 0.264 e. The number of carbonyl (C=O) groups excluding carboxylic acids is 3. The van der Waals surface area contributed by atoms with Crippen LogP contribution in [0, 0.1) is 0 Å². The molecule has 2 aliphatic rings. The van der Waals surface area contributed by atoms with E-state index < -0.39 is 29.8 Å². The molecule has 6 nitrogen and oxygen atoms in total. The van der Waals surface area contributed by atoms with Gasteiger partial charge in [-0.3, -0.25) is 19.3 Å². The van der Waals surface area contributed by atoms with Gasteiger partial charge in [0.1, 0.15) is 11.8 Å². The van der Waals surface area contributed by atoms with Crippen LogP contribution in [0.2, 0.25) is 25.1 Å². The Hall–Kier alpha value is -2.00. The van der Waals surface area contributed by atoms with Crippen molar-refractivity contribution in [3.8, 4) is 5.75 Å². The number of carbonyl (C=O) groups is 3. The van der Waals surface area contributed by atoms with E-state index in [9.17, 15) is 14.4 Å². The lowest BCUT2D eigenvalue weighted by atomic mass is 9.86. The van der Waals surface area contributed by atoms with E-state index in [1.165, 1.54) is 12.0 Å². The number of fused-ring (bicyclic) bond motifs is 1. The summed E-state index contributed by atoms with van der Waals surface area (Å²) in [7, 11) is 1.48. The first kappa shape index (κ1) is 25.6. The summed E-state index contributed by atoms with van der Waals surface area (Å²) in [5, 5.41) is -0.410. The Morgan fingerprint density at radius 2 is 1.39 bits per heavy atom. The predicted molar refractivity (Wildman–Crippen MR) is 143 cm³/mol. The van der Waals surface area contributed by atoms with Crippen LogP contribution in [0.4, 0.5) is 5.69 Å². The van der Waals surface area contributed by atoms with Gasteiger partial charge in [0.2, 0.25) is 0 Å². The van der Waals surface area contributed by atoms with Crippen LogP contribution >= 0.6 is 73.9 Å². The highest BCUT2D eigenvalue weighted by atomic mass is 79.9. The molecular formula is C24H12BrCl5N2O4. The number of halogens is 6. The summed E-state index contributed by atoms with van der Waals surface area (Å²) < 4.78 is 5.96. The van der Waals surface area contributed by atoms with Crippen molar-refractivity contribution < 1.29 is 19.1 Å². The number of benzene rings is 3. The number of imide groups is 1. The highest BCUT2D eigenvalue weighted by Crippen LogP contribution is 2.49. The molecule has 0 aromatic heterocycles. The number of hydrogen-bond donors (Lipinski definition) is 0. The molecule has 1 saturated heterocycles. The van der Waals surface area contributed by atoms with Gasteiger partial charge >= 0.3 is 0 Å². The Morgan fingerprint density at radius 1 is 0.778 bits per heavy atom. The normalized spacial score (nSPS) is 19.0. The summed E-state index contributed by atoms with van der Waals surface area (Å²) in [6.07, 6.45) is 0. The van der Waals surface area contributed by atoms with Crippen LogP contribution in [0.1, 0.15) is 32.3 Å². The number of anilines is 1. The van der Waals surface area contributed by atoms with E-state index in [0.29, 0.717) is 22.0 Å². The Balaban J connectivity index is 1.63. The fourth-order valence-electron chi connectivity index (χ4n) is 4.46. The van der Waals surface area contributed by atoms with Crippen LogP contribution in [0.5, 0.6) is 5.75 Å². The molecule has 0 aliphatic carbocycles. The summed E-state index contributed by atoms with van der Waals surface area (Å²) in [4.78, 5) is 42.9. The maximum Gasteiger partial charge on any atom is 0.264 e. The maximum atomic E-state index is 13.6. The van der Waals surface area contributed by atoms with Gasteiger partial charge in [0, 0.05) is 10.2 Å². The van der Waals surface area contributed by atoms with E-state index in [0.717, 1.165) is 9.37 Å². The quantitative estimate of drug-likeness (QED) is 0.127. The van der Waals surface area contributed by atoms with Gasteiger partial charge in [-0.25, -0.2) is 0 Å². The molecule has 184 valence electrons. The molecule has 1 fully saturated rings. The molecule has 5 rings (SSSR count). The molecule has 0 spiro atoms. The second-order valence-corrected chi connectivity index (χ2v) is 10.8. The SMILES string of the molecule is COc1ccc(N2C(=O)C(N3C(=O)c4c(Cl)c(Cl)c(Cl)c(Cl)c4C3=O)C2c2cccc(Br)c2)cc1Cl. The molecule has 0 saturated carbocycles.